The van der Waals surface area contributed by atoms with Crippen LogP contribution in [0.2, 0.25) is 0 Å². The van der Waals surface area contributed by atoms with Crippen molar-refractivity contribution in [1.82, 2.24) is 19.7 Å². The molecule has 3 aliphatic carbocycles. The van der Waals surface area contributed by atoms with Gasteiger partial charge in [0.25, 0.3) is 0 Å². The number of aromatic nitrogens is 4. The van der Waals surface area contributed by atoms with Crippen molar-refractivity contribution in [3.05, 3.63) is 73.1 Å². The van der Waals surface area contributed by atoms with E-state index in [1.54, 1.807) is 29.3 Å². The lowest BCUT2D eigenvalue weighted by Gasteiger charge is -2.22. The number of amides is 1. The molecule has 5 atom stereocenters. The number of ether oxygens (including phenoxy) is 1. The van der Waals surface area contributed by atoms with Crippen molar-refractivity contribution in [2.75, 3.05) is 5.32 Å². The van der Waals surface area contributed by atoms with Crippen LogP contribution < -0.4 is 10.1 Å². The molecular formula is C28H26FN5O2. The lowest BCUT2D eigenvalue weighted by Crippen LogP contribution is -2.29. The average molecular weight is 484 g/mol. The molecule has 3 heterocycles. The number of pyridine rings is 2. The number of carbonyl (C=O) groups excluding carboxylic acids is 1. The Morgan fingerprint density at radius 1 is 1.08 bits per heavy atom. The van der Waals surface area contributed by atoms with Gasteiger partial charge in [-0.25, -0.2) is 14.1 Å². The van der Waals surface area contributed by atoms with Crippen LogP contribution in [0.15, 0.2) is 67.3 Å². The summed E-state index contributed by atoms with van der Waals surface area (Å²) >= 11 is 0. The smallest absolute Gasteiger partial charge is 0.229 e. The molecule has 0 spiro atoms. The minimum Gasteiger partial charge on any atom is -0.490 e. The Bertz CT molecular complexity index is 1410. The molecule has 3 aliphatic rings. The Morgan fingerprint density at radius 3 is 2.67 bits per heavy atom. The fourth-order valence-electron chi connectivity index (χ4n) is 6.23. The van der Waals surface area contributed by atoms with Gasteiger partial charge in [-0.1, -0.05) is 0 Å². The highest BCUT2D eigenvalue weighted by atomic mass is 19.1. The van der Waals surface area contributed by atoms with Gasteiger partial charge < -0.3 is 10.1 Å². The summed E-state index contributed by atoms with van der Waals surface area (Å²) in [6, 6.07) is 12.0. The maximum absolute atomic E-state index is 13.8. The second-order valence-corrected chi connectivity index (χ2v) is 10.3. The zero-order valence-electron chi connectivity index (χ0n) is 19.6. The minimum absolute atomic E-state index is 0.0318. The Labute approximate surface area is 207 Å². The first-order valence-corrected chi connectivity index (χ1v) is 12.6. The lowest BCUT2D eigenvalue weighted by molar-refractivity contribution is -0.121. The number of hydrogen-bond donors (Lipinski definition) is 1. The predicted molar refractivity (Wildman–Crippen MR) is 132 cm³/mol. The van der Waals surface area contributed by atoms with E-state index in [2.05, 4.69) is 20.4 Å². The highest BCUT2D eigenvalue weighted by Crippen LogP contribution is 2.64. The maximum Gasteiger partial charge on any atom is 0.229 e. The van der Waals surface area contributed by atoms with Gasteiger partial charge in [-0.2, -0.15) is 5.10 Å². The van der Waals surface area contributed by atoms with E-state index < -0.39 is 0 Å². The molecule has 36 heavy (non-hydrogen) atoms. The Hall–Kier alpha value is -3.81. The summed E-state index contributed by atoms with van der Waals surface area (Å²) in [6.45, 7) is 0. The van der Waals surface area contributed by atoms with Gasteiger partial charge in [-0.15, -0.1) is 0 Å². The summed E-state index contributed by atoms with van der Waals surface area (Å²) in [4.78, 5) is 22.1. The van der Waals surface area contributed by atoms with Crippen LogP contribution in [0.1, 0.15) is 25.7 Å². The lowest BCUT2D eigenvalue weighted by atomic mass is 9.91. The van der Waals surface area contributed by atoms with Crippen molar-refractivity contribution in [1.29, 1.82) is 0 Å². The molecule has 1 aromatic carbocycles. The van der Waals surface area contributed by atoms with E-state index in [0.29, 0.717) is 40.6 Å². The highest BCUT2D eigenvalue weighted by Gasteiger charge is 2.63. The normalized spacial score (nSPS) is 25.4. The number of anilines is 1. The molecule has 4 aromatic rings. The number of nitrogens with one attached hydrogen (secondary N) is 1. The quantitative estimate of drug-likeness (QED) is 0.399. The van der Waals surface area contributed by atoms with Crippen molar-refractivity contribution >= 4 is 22.6 Å². The first-order chi connectivity index (χ1) is 17.6. The predicted octanol–water partition coefficient (Wildman–Crippen LogP) is 5.02. The first-order valence-electron chi connectivity index (χ1n) is 12.6. The summed E-state index contributed by atoms with van der Waals surface area (Å²) < 4.78 is 21.9. The van der Waals surface area contributed by atoms with Crippen LogP contribution in [0.4, 0.5) is 10.2 Å². The Kier molecular flexibility index (Phi) is 5.01. The van der Waals surface area contributed by atoms with Crippen molar-refractivity contribution < 1.29 is 13.9 Å². The van der Waals surface area contributed by atoms with Gasteiger partial charge in [0.05, 0.1) is 23.5 Å². The van der Waals surface area contributed by atoms with Crippen molar-refractivity contribution in [3.63, 3.8) is 0 Å². The number of halogens is 1. The van der Waals surface area contributed by atoms with Gasteiger partial charge >= 0.3 is 0 Å². The van der Waals surface area contributed by atoms with Crippen LogP contribution in [0, 0.1) is 35.4 Å². The van der Waals surface area contributed by atoms with Crippen LogP contribution in [0.25, 0.3) is 16.6 Å². The molecule has 3 aromatic heterocycles. The van der Waals surface area contributed by atoms with Crippen LogP contribution in [0.3, 0.4) is 0 Å². The van der Waals surface area contributed by atoms with Crippen LogP contribution >= 0.6 is 0 Å². The van der Waals surface area contributed by atoms with Gasteiger partial charge in [0.2, 0.25) is 5.91 Å². The van der Waals surface area contributed by atoms with Crippen LogP contribution in [0.5, 0.6) is 5.75 Å². The molecule has 182 valence electrons. The fraction of sp³-hybridized carbons (Fsp3) is 0.357. The van der Waals surface area contributed by atoms with Gasteiger partial charge in [-0.3, -0.25) is 9.78 Å². The Morgan fingerprint density at radius 2 is 1.94 bits per heavy atom. The van der Waals surface area contributed by atoms with Crippen molar-refractivity contribution in [3.8, 4) is 11.4 Å². The molecule has 3 saturated carbocycles. The number of carbonyl (C=O) groups is 1. The third-order valence-corrected chi connectivity index (χ3v) is 8.04. The third-order valence-electron chi connectivity index (χ3n) is 8.04. The standard InChI is InChI=1S/C28H26FN5O2/c29-17-4-6-23-22(12-17)24(8-10-30-23)36-19-13-20-21(14-19)27(20)26(16-2-3-16)28(35)33-25-7-5-18(15-31-25)34-11-1-9-32-34/h1,4-12,15-16,19-21,26-27H,2-3,13-14H2,(H,31,33,35)/t19?,20-,21+,26?,27?. The summed E-state index contributed by atoms with van der Waals surface area (Å²) in [6.07, 6.45) is 11.2. The minimum atomic E-state index is -0.293. The average Bonchev–Trinajstić information content (AvgIpc) is 3.69. The third kappa shape index (κ3) is 3.90. The molecular weight excluding hydrogens is 457 g/mol. The first kappa shape index (κ1) is 21.5. The number of fused-ring (bicyclic) bond motifs is 2. The maximum atomic E-state index is 13.8. The van der Waals surface area contributed by atoms with E-state index in [1.807, 2.05) is 30.5 Å². The summed E-state index contributed by atoms with van der Waals surface area (Å²) in [5.74, 6) is 2.97. The second-order valence-electron chi connectivity index (χ2n) is 10.3. The molecule has 0 saturated heterocycles. The van der Waals surface area contributed by atoms with Gasteiger partial charge in [-0.05, 0) is 91.8 Å². The van der Waals surface area contributed by atoms with E-state index in [1.165, 1.54) is 12.1 Å². The summed E-state index contributed by atoms with van der Waals surface area (Å²) in [7, 11) is 0. The molecule has 1 amide bonds. The molecule has 7 rings (SSSR count). The van der Waals surface area contributed by atoms with Crippen molar-refractivity contribution in [2.45, 2.75) is 31.8 Å². The SMILES string of the molecule is O=C(Nc1ccc(-n2cccn2)cn1)C(C1CC1)C1[C@H]2CC(Oc3ccnc4ccc(F)cc34)C[C@@H]12. The van der Waals surface area contributed by atoms with Crippen molar-refractivity contribution in [2.24, 2.45) is 29.6 Å². The van der Waals surface area contributed by atoms with E-state index in [-0.39, 0.29) is 23.7 Å². The zero-order valence-corrected chi connectivity index (χ0v) is 19.6. The number of nitrogens with zero attached hydrogens (tertiary/aromatic N) is 4. The van der Waals surface area contributed by atoms with Gasteiger partial charge in [0.1, 0.15) is 17.4 Å². The number of hydrogen-bond acceptors (Lipinski definition) is 5. The molecule has 0 aliphatic heterocycles. The highest BCUT2D eigenvalue weighted by molar-refractivity contribution is 5.92. The van der Waals surface area contributed by atoms with E-state index in [9.17, 15) is 9.18 Å². The topological polar surface area (TPSA) is 81.9 Å². The van der Waals surface area contributed by atoms with E-state index in [0.717, 1.165) is 36.9 Å². The zero-order chi connectivity index (χ0) is 24.2. The summed E-state index contributed by atoms with van der Waals surface area (Å²) in [5, 5.41) is 7.99. The number of rotatable bonds is 7. The summed E-state index contributed by atoms with van der Waals surface area (Å²) in [5.41, 5.74) is 1.58. The molecule has 3 fully saturated rings. The molecule has 7 nitrogen and oxygen atoms in total. The monoisotopic (exact) mass is 483 g/mol. The second kappa shape index (κ2) is 8.40. The largest absolute Gasteiger partial charge is 0.490 e. The van der Waals surface area contributed by atoms with E-state index in [4.69, 9.17) is 4.74 Å². The Balaban J connectivity index is 1.00. The van der Waals surface area contributed by atoms with Gasteiger partial charge in [0.15, 0.2) is 0 Å². The molecule has 0 radical (unpaired) electrons. The molecule has 8 heteroatoms. The van der Waals surface area contributed by atoms with E-state index >= 15 is 0 Å². The molecule has 0 bridgehead atoms. The molecule has 3 unspecified atom stereocenters. The van der Waals surface area contributed by atoms with Gasteiger partial charge in [0, 0.05) is 29.9 Å². The van der Waals surface area contributed by atoms with Crippen LogP contribution in [-0.2, 0) is 4.79 Å². The fourth-order valence-corrected chi connectivity index (χ4v) is 6.23. The number of benzene rings is 1. The molecule has 1 N–H and O–H groups in total. The van der Waals surface area contributed by atoms with Crippen LogP contribution in [-0.4, -0.2) is 31.8 Å².